The van der Waals surface area contributed by atoms with Gasteiger partial charge in [0.2, 0.25) is 0 Å². The average Bonchev–Trinajstić information content (AvgIpc) is 2.94. The molecule has 1 unspecified atom stereocenters. The molecule has 0 bridgehead atoms. The van der Waals surface area contributed by atoms with Gasteiger partial charge in [0, 0.05) is 36.1 Å². The van der Waals surface area contributed by atoms with Crippen LogP contribution in [0.5, 0.6) is 0 Å². The van der Waals surface area contributed by atoms with Gasteiger partial charge in [-0.3, -0.25) is 9.59 Å². The molecule has 0 radical (unpaired) electrons. The lowest BCUT2D eigenvalue weighted by molar-refractivity contribution is -0.138. The van der Waals surface area contributed by atoms with Crippen LogP contribution in [0.1, 0.15) is 25.7 Å². The molecule has 6 heteroatoms. The first-order valence-corrected chi connectivity index (χ1v) is 9.66. The molecule has 1 aromatic heterocycles. The van der Waals surface area contributed by atoms with Crippen LogP contribution in [0.15, 0.2) is 53.3 Å². The lowest BCUT2D eigenvalue weighted by Gasteiger charge is -2.23. The fraction of sp³-hybridized carbons (Fsp3) is 0.318. The first-order chi connectivity index (χ1) is 13.6. The molecule has 2 heterocycles. The van der Waals surface area contributed by atoms with E-state index in [-0.39, 0.29) is 17.9 Å². The lowest BCUT2D eigenvalue weighted by atomic mass is 9.97. The first-order valence-electron chi connectivity index (χ1n) is 9.66. The summed E-state index contributed by atoms with van der Waals surface area (Å²) in [4.78, 5) is 25.3. The number of rotatable bonds is 4. The fourth-order valence-corrected chi connectivity index (χ4v) is 4.04. The van der Waals surface area contributed by atoms with E-state index in [9.17, 15) is 9.59 Å². The molecule has 28 heavy (non-hydrogen) atoms. The highest BCUT2D eigenvalue weighted by Crippen LogP contribution is 2.28. The number of hydrogen-bond donors (Lipinski definition) is 2. The number of nitrogens with one attached hydrogen (secondary N) is 1. The minimum absolute atomic E-state index is 0.184. The van der Waals surface area contributed by atoms with Gasteiger partial charge in [0.15, 0.2) is 0 Å². The van der Waals surface area contributed by atoms with Gasteiger partial charge >= 0.3 is 5.97 Å². The molecule has 0 spiro atoms. The number of aromatic nitrogens is 2. The Morgan fingerprint density at radius 3 is 2.57 bits per heavy atom. The maximum absolute atomic E-state index is 12.0. The fourth-order valence-electron chi connectivity index (χ4n) is 4.04. The van der Waals surface area contributed by atoms with Crippen molar-refractivity contribution in [3.05, 3.63) is 58.9 Å². The van der Waals surface area contributed by atoms with E-state index in [4.69, 9.17) is 5.11 Å². The highest BCUT2D eigenvalue weighted by molar-refractivity contribution is 5.93. The van der Waals surface area contributed by atoms with E-state index in [0.29, 0.717) is 5.39 Å². The summed E-state index contributed by atoms with van der Waals surface area (Å²) in [6, 6.07) is 15.7. The number of nitrogens with zero attached hydrogens (tertiary/aromatic N) is 2. The van der Waals surface area contributed by atoms with Crippen LogP contribution in [0.25, 0.3) is 22.0 Å². The third-order valence-electron chi connectivity index (χ3n) is 5.51. The third-order valence-corrected chi connectivity index (χ3v) is 5.51. The summed E-state index contributed by atoms with van der Waals surface area (Å²) in [6.45, 7) is 1.81. The number of carbonyl (C=O) groups is 1. The van der Waals surface area contributed by atoms with Crippen LogP contribution in [0, 0.1) is 5.92 Å². The second-order valence-electron chi connectivity index (χ2n) is 7.38. The van der Waals surface area contributed by atoms with Crippen LogP contribution in [0.4, 0.5) is 5.69 Å². The van der Waals surface area contributed by atoms with Crippen molar-refractivity contribution in [3.8, 4) is 11.3 Å². The van der Waals surface area contributed by atoms with Gasteiger partial charge in [-0.25, -0.2) is 5.10 Å². The van der Waals surface area contributed by atoms with Crippen molar-refractivity contribution in [2.75, 3.05) is 18.0 Å². The number of carboxylic acids is 1. The number of carboxylic acid groups (broad SMARTS) is 1. The molecule has 2 N–H and O–H groups in total. The number of H-pyrrole nitrogens is 1. The zero-order chi connectivity index (χ0) is 19.5. The van der Waals surface area contributed by atoms with Crippen molar-refractivity contribution in [3.63, 3.8) is 0 Å². The highest BCUT2D eigenvalue weighted by Gasteiger charge is 2.19. The Balaban J connectivity index is 1.56. The minimum Gasteiger partial charge on any atom is -0.481 e. The summed E-state index contributed by atoms with van der Waals surface area (Å²) in [7, 11) is 0. The Morgan fingerprint density at radius 1 is 1.07 bits per heavy atom. The Hall–Kier alpha value is -3.15. The van der Waals surface area contributed by atoms with Gasteiger partial charge in [0.1, 0.15) is 0 Å². The SMILES string of the molecule is O=C(O)CC1CCCN(c2ccc(-c3n[nH]c(=O)c4ccccc34)cc2)CC1. The topological polar surface area (TPSA) is 86.3 Å². The Morgan fingerprint density at radius 2 is 1.82 bits per heavy atom. The van der Waals surface area contributed by atoms with Crippen molar-refractivity contribution >= 4 is 22.4 Å². The van der Waals surface area contributed by atoms with E-state index in [2.05, 4.69) is 27.2 Å². The van der Waals surface area contributed by atoms with Crippen molar-refractivity contribution in [2.45, 2.75) is 25.7 Å². The average molecular weight is 377 g/mol. The molecular formula is C22H23N3O3. The van der Waals surface area contributed by atoms with E-state index >= 15 is 0 Å². The highest BCUT2D eigenvalue weighted by atomic mass is 16.4. The van der Waals surface area contributed by atoms with E-state index < -0.39 is 5.97 Å². The molecule has 4 rings (SSSR count). The molecule has 1 saturated heterocycles. The number of anilines is 1. The molecular weight excluding hydrogens is 354 g/mol. The van der Waals surface area contributed by atoms with Gasteiger partial charge in [0.05, 0.1) is 11.1 Å². The molecule has 0 saturated carbocycles. The number of hydrogen-bond acceptors (Lipinski definition) is 4. The predicted molar refractivity (Wildman–Crippen MR) is 110 cm³/mol. The maximum atomic E-state index is 12.0. The molecule has 3 aromatic rings. The number of fused-ring (bicyclic) bond motifs is 1. The van der Waals surface area contributed by atoms with Crippen LogP contribution in [0.2, 0.25) is 0 Å². The van der Waals surface area contributed by atoms with Crippen LogP contribution >= 0.6 is 0 Å². The Bertz CT molecular complexity index is 1040. The maximum Gasteiger partial charge on any atom is 0.303 e. The normalized spacial score (nSPS) is 17.4. The van der Waals surface area contributed by atoms with E-state index in [1.165, 1.54) is 0 Å². The summed E-state index contributed by atoms with van der Waals surface area (Å²) in [6.07, 6.45) is 3.14. The first kappa shape index (κ1) is 18.2. The molecule has 1 aliphatic rings. The van der Waals surface area contributed by atoms with Crippen molar-refractivity contribution in [1.29, 1.82) is 0 Å². The van der Waals surface area contributed by atoms with Gasteiger partial charge in [-0.05, 0) is 43.4 Å². The van der Waals surface area contributed by atoms with Crippen LogP contribution < -0.4 is 10.5 Å². The van der Waals surface area contributed by atoms with Crippen LogP contribution in [0.3, 0.4) is 0 Å². The number of benzene rings is 2. The molecule has 1 fully saturated rings. The van der Waals surface area contributed by atoms with Gasteiger partial charge in [-0.1, -0.05) is 30.3 Å². The van der Waals surface area contributed by atoms with Crippen LogP contribution in [-0.2, 0) is 4.79 Å². The molecule has 1 atom stereocenters. The summed E-state index contributed by atoms with van der Waals surface area (Å²) in [5.41, 5.74) is 2.67. The third kappa shape index (κ3) is 3.76. The summed E-state index contributed by atoms with van der Waals surface area (Å²) in [5, 5.41) is 17.3. The van der Waals surface area contributed by atoms with Gasteiger partial charge in [-0.15, -0.1) is 0 Å². The molecule has 6 nitrogen and oxygen atoms in total. The van der Waals surface area contributed by atoms with E-state index in [1.54, 1.807) is 6.07 Å². The lowest BCUT2D eigenvalue weighted by Crippen LogP contribution is -2.24. The number of aliphatic carboxylic acids is 1. The van der Waals surface area contributed by atoms with Crippen molar-refractivity contribution in [1.82, 2.24) is 10.2 Å². The van der Waals surface area contributed by atoms with Gasteiger partial charge in [0.25, 0.3) is 5.56 Å². The zero-order valence-electron chi connectivity index (χ0n) is 15.6. The molecule has 0 amide bonds. The van der Waals surface area contributed by atoms with Gasteiger partial charge in [-0.2, -0.15) is 5.10 Å². The Labute approximate surface area is 162 Å². The van der Waals surface area contributed by atoms with Gasteiger partial charge < -0.3 is 10.0 Å². The monoisotopic (exact) mass is 377 g/mol. The molecule has 1 aliphatic heterocycles. The van der Waals surface area contributed by atoms with Crippen molar-refractivity contribution in [2.24, 2.45) is 5.92 Å². The summed E-state index contributed by atoms with van der Waals surface area (Å²) in [5.74, 6) is -0.443. The second-order valence-corrected chi connectivity index (χ2v) is 7.38. The Kier molecular flexibility index (Phi) is 5.10. The standard InChI is InChI=1S/C22H23N3O3/c26-20(27)14-15-4-3-12-25(13-11-15)17-9-7-16(8-10-17)21-18-5-1-2-6-19(18)22(28)24-23-21/h1-2,5-10,15H,3-4,11-14H2,(H,24,28)(H,26,27). The molecule has 2 aromatic carbocycles. The second kappa shape index (κ2) is 7.84. The van der Waals surface area contributed by atoms with Crippen LogP contribution in [-0.4, -0.2) is 34.4 Å². The number of aromatic amines is 1. The largest absolute Gasteiger partial charge is 0.481 e. The molecule has 144 valence electrons. The summed E-state index contributed by atoms with van der Waals surface area (Å²) >= 11 is 0. The van der Waals surface area contributed by atoms with E-state index in [0.717, 1.165) is 54.7 Å². The minimum atomic E-state index is -0.705. The smallest absolute Gasteiger partial charge is 0.303 e. The zero-order valence-corrected chi connectivity index (χ0v) is 15.6. The summed E-state index contributed by atoms with van der Waals surface area (Å²) < 4.78 is 0. The van der Waals surface area contributed by atoms with E-state index in [1.807, 2.05) is 30.3 Å². The van der Waals surface area contributed by atoms with Crippen molar-refractivity contribution < 1.29 is 9.90 Å². The quantitative estimate of drug-likeness (QED) is 0.724. The predicted octanol–water partition coefficient (Wildman–Crippen LogP) is 3.67. The molecule has 0 aliphatic carbocycles.